The van der Waals surface area contributed by atoms with Gasteiger partial charge in [-0.2, -0.15) is 0 Å². The highest BCUT2D eigenvalue weighted by Crippen LogP contribution is 2.26. The third kappa shape index (κ3) is 7.30. The molecule has 0 aliphatic heterocycles. The van der Waals surface area contributed by atoms with E-state index >= 15 is 0 Å². The van der Waals surface area contributed by atoms with Crippen molar-refractivity contribution in [2.24, 2.45) is 0 Å². The van der Waals surface area contributed by atoms with E-state index in [2.05, 4.69) is 33.0 Å². The Morgan fingerprint density at radius 2 is 1.71 bits per heavy atom. The van der Waals surface area contributed by atoms with Gasteiger partial charge in [0.05, 0.1) is 11.9 Å². The number of nitrogens with zero attached hydrogens (tertiary/aromatic N) is 4. The average molecular weight is 483 g/mol. The Balaban J connectivity index is 1.30. The average Bonchev–Trinajstić information content (AvgIpc) is 3.35. The van der Waals surface area contributed by atoms with Gasteiger partial charge in [-0.15, -0.1) is 18.3 Å². The zero-order chi connectivity index (χ0) is 24.7. The number of pyridine rings is 1. The largest absolute Gasteiger partial charge is 0.573 e. The first-order valence-corrected chi connectivity index (χ1v) is 11.2. The molecule has 0 aliphatic carbocycles. The molecular weight excluding hydrogens is 457 g/mol. The summed E-state index contributed by atoms with van der Waals surface area (Å²) in [5.41, 5.74) is 4.70. The molecule has 0 N–H and O–H groups in total. The number of ether oxygens (including phenoxy) is 2. The summed E-state index contributed by atoms with van der Waals surface area (Å²) in [6.07, 6.45) is 3.57. The molecule has 0 saturated carbocycles. The molecule has 6 nitrogen and oxygen atoms in total. The van der Waals surface area contributed by atoms with Crippen LogP contribution in [0.1, 0.15) is 29.5 Å². The summed E-state index contributed by atoms with van der Waals surface area (Å²) in [7, 11) is 0. The van der Waals surface area contributed by atoms with Crippen molar-refractivity contribution < 1.29 is 22.6 Å². The maximum absolute atomic E-state index is 12.4. The second-order valence-electron chi connectivity index (χ2n) is 8.12. The molecule has 0 amide bonds. The predicted octanol–water partition coefficient (Wildman–Crippen LogP) is 6.15. The van der Waals surface area contributed by atoms with Crippen molar-refractivity contribution in [3.05, 3.63) is 89.9 Å². The second kappa shape index (κ2) is 11.0. The maximum Gasteiger partial charge on any atom is 0.573 e. The van der Waals surface area contributed by atoms with E-state index in [1.165, 1.54) is 23.3 Å². The zero-order valence-corrected chi connectivity index (χ0v) is 19.2. The van der Waals surface area contributed by atoms with Crippen LogP contribution in [0, 0.1) is 6.92 Å². The number of hydrogen-bond donors (Lipinski definition) is 0. The third-order valence-electron chi connectivity index (χ3n) is 5.48. The Bertz CT molecular complexity index is 1230. The van der Waals surface area contributed by atoms with Gasteiger partial charge in [0, 0.05) is 24.5 Å². The predicted molar refractivity (Wildman–Crippen MR) is 125 cm³/mol. The SMILES string of the molecule is Cc1cc(OCc2ccnc(-c3ccc(OC(F)(F)F)cc3)c2)ccc1CCCCn1ccnn1. The number of halogens is 3. The van der Waals surface area contributed by atoms with Crippen LogP contribution in [0.25, 0.3) is 11.3 Å². The van der Waals surface area contributed by atoms with Crippen LogP contribution >= 0.6 is 0 Å². The van der Waals surface area contributed by atoms with Crippen LogP contribution in [0.15, 0.2) is 73.2 Å². The summed E-state index contributed by atoms with van der Waals surface area (Å²) in [4.78, 5) is 4.32. The van der Waals surface area contributed by atoms with E-state index in [9.17, 15) is 13.2 Å². The third-order valence-corrected chi connectivity index (χ3v) is 5.48. The number of unbranched alkanes of at least 4 members (excludes halogenated alkanes) is 1. The fourth-order valence-corrected chi connectivity index (χ4v) is 3.70. The van der Waals surface area contributed by atoms with Crippen LogP contribution in [-0.4, -0.2) is 26.3 Å². The summed E-state index contributed by atoms with van der Waals surface area (Å²) in [5, 5.41) is 7.79. The summed E-state index contributed by atoms with van der Waals surface area (Å²) in [6, 6.07) is 15.4. The van der Waals surface area contributed by atoms with Crippen LogP contribution in [0.4, 0.5) is 13.2 Å². The molecule has 0 unspecified atom stereocenters. The highest BCUT2D eigenvalue weighted by molar-refractivity contribution is 5.60. The number of hydrogen-bond acceptors (Lipinski definition) is 5. The summed E-state index contributed by atoms with van der Waals surface area (Å²) >= 11 is 0. The number of alkyl halides is 3. The summed E-state index contributed by atoms with van der Waals surface area (Å²) < 4.78 is 48.8. The molecule has 0 atom stereocenters. The quantitative estimate of drug-likeness (QED) is 0.254. The summed E-state index contributed by atoms with van der Waals surface area (Å²) in [5.74, 6) is 0.510. The molecule has 2 aromatic heterocycles. The van der Waals surface area contributed by atoms with Gasteiger partial charge in [0.25, 0.3) is 0 Å². The molecule has 0 saturated heterocycles. The van der Waals surface area contributed by atoms with Gasteiger partial charge in [0.2, 0.25) is 0 Å². The molecule has 4 rings (SSSR count). The van der Waals surface area contributed by atoms with Gasteiger partial charge >= 0.3 is 6.36 Å². The molecule has 0 bridgehead atoms. The van der Waals surface area contributed by atoms with Crippen LogP contribution in [0.3, 0.4) is 0 Å². The first-order valence-electron chi connectivity index (χ1n) is 11.2. The maximum atomic E-state index is 12.4. The minimum Gasteiger partial charge on any atom is -0.489 e. The van der Waals surface area contributed by atoms with Crippen LogP contribution in [0.5, 0.6) is 11.5 Å². The smallest absolute Gasteiger partial charge is 0.489 e. The van der Waals surface area contributed by atoms with Gasteiger partial charge in [0.1, 0.15) is 18.1 Å². The molecule has 35 heavy (non-hydrogen) atoms. The second-order valence-corrected chi connectivity index (χ2v) is 8.12. The highest BCUT2D eigenvalue weighted by Gasteiger charge is 2.30. The number of benzene rings is 2. The van der Waals surface area contributed by atoms with E-state index in [-0.39, 0.29) is 5.75 Å². The molecule has 9 heteroatoms. The number of aromatic nitrogens is 4. The van der Waals surface area contributed by atoms with Crippen molar-refractivity contribution in [2.45, 2.75) is 45.7 Å². The lowest BCUT2D eigenvalue weighted by Crippen LogP contribution is -2.16. The van der Waals surface area contributed by atoms with Crippen molar-refractivity contribution in [2.75, 3.05) is 0 Å². The van der Waals surface area contributed by atoms with Crippen molar-refractivity contribution in [3.8, 4) is 22.8 Å². The van der Waals surface area contributed by atoms with E-state index in [0.29, 0.717) is 17.9 Å². The van der Waals surface area contributed by atoms with E-state index in [1.54, 1.807) is 24.5 Å². The van der Waals surface area contributed by atoms with Crippen molar-refractivity contribution in [3.63, 3.8) is 0 Å². The molecule has 0 radical (unpaired) electrons. The summed E-state index contributed by atoms with van der Waals surface area (Å²) in [6.45, 7) is 3.29. The van der Waals surface area contributed by atoms with Crippen LogP contribution in [0.2, 0.25) is 0 Å². The Kier molecular flexibility index (Phi) is 7.64. The first-order chi connectivity index (χ1) is 16.9. The lowest BCUT2D eigenvalue weighted by atomic mass is 10.0. The minimum absolute atomic E-state index is 0.269. The van der Waals surface area contributed by atoms with Crippen LogP contribution in [-0.2, 0) is 19.6 Å². The standard InChI is InChI=1S/C26H25F3N4O2/c1-19-16-24(10-5-21(19)4-2-3-14-33-15-13-31-32-33)34-18-20-11-12-30-25(17-20)22-6-8-23(9-7-22)35-26(27,28)29/h5-13,15-17H,2-4,14,18H2,1H3. The van der Waals surface area contributed by atoms with E-state index in [0.717, 1.165) is 37.1 Å². The zero-order valence-electron chi connectivity index (χ0n) is 19.2. The van der Waals surface area contributed by atoms with Gasteiger partial charge in [-0.05, 0) is 91.4 Å². The van der Waals surface area contributed by atoms with Crippen molar-refractivity contribution >= 4 is 0 Å². The van der Waals surface area contributed by atoms with Crippen LogP contribution < -0.4 is 9.47 Å². The number of aryl methyl sites for hydroxylation is 3. The molecule has 4 aromatic rings. The highest BCUT2D eigenvalue weighted by atomic mass is 19.4. The Morgan fingerprint density at radius 3 is 2.43 bits per heavy atom. The van der Waals surface area contributed by atoms with E-state index in [1.807, 2.05) is 35.1 Å². The monoisotopic (exact) mass is 482 g/mol. The molecular formula is C26H25F3N4O2. The van der Waals surface area contributed by atoms with E-state index < -0.39 is 6.36 Å². The molecule has 2 heterocycles. The van der Waals surface area contributed by atoms with Gasteiger partial charge in [-0.3, -0.25) is 9.67 Å². The Hall–Kier alpha value is -3.88. The van der Waals surface area contributed by atoms with Gasteiger partial charge in [0.15, 0.2) is 0 Å². The fraction of sp³-hybridized carbons (Fsp3) is 0.269. The van der Waals surface area contributed by atoms with Gasteiger partial charge in [-0.1, -0.05) is 11.3 Å². The molecule has 0 fully saturated rings. The lowest BCUT2D eigenvalue weighted by molar-refractivity contribution is -0.274. The minimum atomic E-state index is -4.72. The normalized spacial score (nSPS) is 11.4. The van der Waals surface area contributed by atoms with Gasteiger partial charge in [-0.25, -0.2) is 0 Å². The molecule has 0 spiro atoms. The molecule has 2 aromatic carbocycles. The number of rotatable bonds is 10. The Morgan fingerprint density at radius 1 is 0.914 bits per heavy atom. The first kappa shape index (κ1) is 24.3. The van der Waals surface area contributed by atoms with Crippen molar-refractivity contribution in [1.29, 1.82) is 0 Å². The fourth-order valence-electron chi connectivity index (χ4n) is 3.70. The molecule has 182 valence electrons. The topological polar surface area (TPSA) is 62.1 Å². The van der Waals surface area contributed by atoms with E-state index in [4.69, 9.17) is 4.74 Å². The Labute approximate surface area is 201 Å². The molecule has 0 aliphatic rings. The van der Waals surface area contributed by atoms with Crippen molar-refractivity contribution in [1.82, 2.24) is 20.0 Å². The lowest BCUT2D eigenvalue weighted by Gasteiger charge is -2.11. The van der Waals surface area contributed by atoms with Gasteiger partial charge < -0.3 is 9.47 Å².